The third kappa shape index (κ3) is 8.42. The summed E-state index contributed by atoms with van der Waals surface area (Å²) in [6.45, 7) is -1.07. The van der Waals surface area contributed by atoms with Crippen LogP contribution < -0.4 is 15.2 Å². The summed E-state index contributed by atoms with van der Waals surface area (Å²) in [6, 6.07) is 18.9. The molecule has 0 amide bonds. The Hall–Kier alpha value is -3.56. The molecule has 0 saturated heterocycles. The molecule has 3 aromatic carbocycles. The highest BCUT2D eigenvalue weighted by atomic mass is 19.4. The number of ether oxygens (including phenoxy) is 2. The van der Waals surface area contributed by atoms with Crippen LogP contribution >= 0.6 is 0 Å². The van der Waals surface area contributed by atoms with Gasteiger partial charge < -0.3 is 25.4 Å². The van der Waals surface area contributed by atoms with Crippen LogP contribution in [0.3, 0.4) is 0 Å². The summed E-state index contributed by atoms with van der Waals surface area (Å²) in [6.07, 6.45) is -4.68. The molecule has 182 valence electrons. The molecule has 0 aliphatic carbocycles. The number of para-hydroxylation sites is 1. The van der Waals surface area contributed by atoms with Crippen molar-refractivity contribution < 1.29 is 37.7 Å². The zero-order valence-corrected chi connectivity index (χ0v) is 18.5. The van der Waals surface area contributed by atoms with Gasteiger partial charge in [0.25, 0.3) is 0 Å². The first kappa shape index (κ1) is 26.7. The Balaban J connectivity index is 0.00000199. The minimum atomic E-state index is -4.47. The first-order valence-electron chi connectivity index (χ1n) is 10.2. The van der Waals surface area contributed by atoms with Crippen LogP contribution in [0.2, 0.25) is 0 Å². The Kier molecular flexibility index (Phi) is 9.91. The molecule has 0 heterocycles. The maximum Gasteiger partial charge on any atom is 0.422 e. The number of hydrogen-bond acceptors (Lipinski definition) is 5. The number of alkyl halides is 3. The second kappa shape index (κ2) is 12.6. The Morgan fingerprint density at radius 3 is 2.29 bits per heavy atom. The van der Waals surface area contributed by atoms with Gasteiger partial charge in [0, 0.05) is 19.2 Å². The van der Waals surface area contributed by atoms with Gasteiger partial charge in [-0.25, -0.2) is 0 Å². The van der Waals surface area contributed by atoms with Gasteiger partial charge >= 0.3 is 12.1 Å². The molecule has 9 heteroatoms. The fourth-order valence-electron chi connectivity index (χ4n) is 3.15. The summed E-state index contributed by atoms with van der Waals surface area (Å²) >= 11 is 0. The van der Waals surface area contributed by atoms with Gasteiger partial charge in [0.1, 0.15) is 18.1 Å². The molecule has 0 bridgehead atoms. The molecular weight excluding hydrogens is 451 g/mol. The lowest BCUT2D eigenvalue weighted by atomic mass is 10.0. The summed E-state index contributed by atoms with van der Waals surface area (Å²) in [5.74, 6) is -0.552. The van der Waals surface area contributed by atoms with E-state index in [2.05, 4.69) is 0 Å². The lowest BCUT2D eigenvalue weighted by Gasteiger charge is -2.15. The lowest BCUT2D eigenvalue weighted by Crippen LogP contribution is -2.19. The average molecular weight is 477 g/mol. The molecule has 3 aromatic rings. The fourth-order valence-corrected chi connectivity index (χ4v) is 3.15. The van der Waals surface area contributed by atoms with Crippen molar-refractivity contribution in [2.75, 3.05) is 13.7 Å². The number of benzene rings is 3. The van der Waals surface area contributed by atoms with Crippen LogP contribution in [0.15, 0.2) is 66.7 Å². The minimum absolute atomic E-state index is 0.0173. The van der Waals surface area contributed by atoms with Gasteiger partial charge in [0.05, 0.1) is 6.42 Å². The van der Waals surface area contributed by atoms with Crippen LogP contribution in [-0.2, 0) is 24.4 Å². The van der Waals surface area contributed by atoms with E-state index in [9.17, 15) is 18.0 Å². The maximum atomic E-state index is 12.7. The minimum Gasteiger partial charge on any atom is -0.489 e. The van der Waals surface area contributed by atoms with E-state index < -0.39 is 18.8 Å². The Morgan fingerprint density at radius 1 is 0.912 bits per heavy atom. The highest BCUT2D eigenvalue weighted by Gasteiger charge is 2.28. The number of carboxylic acid groups (broad SMARTS) is 1. The number of carbonyl (C=O) groups is 1. The van der Waals surface area contributed by atoms with E-state index in [4.69, 9.17) is 25.4 Å². The van der Waals surface area contributed by atoms with Gasteiger partial charge in [-0.3, -0.25) is 4.79 Å². The lowest BCUT2D eigenvalue weighted by molar-refractivity contribution is -0.153. The number of aliphatic hydroxyl groups is 1. The molecule has 4 N–H and O–H groups in total. The summed E-state index contributed by atoms with van der Waals surface area (Å²) in [4.78, 5) is 11.1. The number of hydrogen-bond donors (Lipinski definition) is 3. The van der Waals surface area contributed by atoms with Gasteiger partial charge in [-0.2, -0.15) is 13.2 Å². The van der Waals surface area contributed by atoms with Gasteiger partial charge in [0.2, 0.25) is 0 Å². The molecule has 34 heavy (non-hydrogen) atoms. The molecule has 6 nitrogen and oxygen atoms in total. The molecule has 0 atom stereocenters. The van der Waals surface area contributed by atoms with Crippen molar-refractivity contribution >= 4 is 5.97 Å². The zero-order chi connectivity index (χ0) is 25.1. The van der Waals surface area contributed by atoms with Crippen molar-refractivity contribution in [1.82, 2.24) is 0 Å². The maximum absolute atomic E-state index is 12.7. The number of halogens is 3. The Bertz CT molecular complexity index is 1090. The normalized spacial score (nSPS) is 10.8. The van der Waals surface area contributed by atoms with Gasteiger partial charge in [-0.1, -0.05) is 36.4 Å². The number of rotatable bonds is 9. The number of aliphatic carboxylic acids is 1. The Morgan fingerprint density at radius 2 is 1.62 bits per heavy atom. The second-order valence-electron chi connectivity index (χ2n) is 7.14. The van der Waals surface area contributed by atoms with Crippen LogP contribution in [0.1, 0.15) is 16.7 Å². The Labute approximate surface area is 195 Å². The van der Waals surface area contributed by atoms with E-state index in [0.29, 0.717) is 29.0 Å². The zero-order valence-electron chi connectivity index (χ0n) is 18.5. The number of carboxylic acids is 1. The predicted molar refractivity (Wildman–Crippen MR) is 122 cm³/mol. The van der Waals surface area contributed by atoms with Crippen LogP contribution in [0, 0.1) is 0 Å². The molecular formula is C25H26F3NO5. The summed E-state index contributed by atoms with van der Waals surface area (Å²) in [5.41, 5.74) is 9.08. The molecule has 0 spiro atoms. The molecule has 0 fully saturated rings. The van der Waals surface area contributed by atoms with E-state index in [1.165, 1.54) is 12.1 Å². The fraction of sp³-hybridized carbons (Fsp3) is 0.240. The SMILES string of the molecule is CO.NCc1cccc(-c2cc(COc3ccccc3CC(=O)O)cc(OCC(F)(F)F)c2)c1. The first-order chi connectivity index (χ1) is 16.2. The number of nitrogens with two attached hydrogens (primary N) is 1. The third-order valence-corrected chi connectivity index (χ3v) is 4.57. The molecule has 0 aliphatic heterocycles. The van der Waals surface area contributed by atoms with E-state index in [-0.39, 0.29) is 18.8 Å². The summed E-state index contributed by atoms with van der Waals surface area (Å²) < 4.78 is 48.8. The van der Waals surface area contributed by atoms with Crippen LogP contribution in [-0.4, -0.2) is 36.1 Å². The van der Waals surface area contributed by atoms with Gasteiger partial charge in [0.15, 0.2) is 6.61 Å². The molecule has 0 saturated carbocycles. The topological polar surface area (TPSA) is 102 Å². The molecule has 0 aliphatic rings. The van der Waals surface area contributed by atoms with Gasteiger partial charge in [-0.05, 0) is 52.6 Å². The quantitative estimate of drug-likeness (QED) is 0.417. The predicted octanol–water partition coefficient (Wildman–Crippen LogP) is 4.57. The molecule has 0 aromatic heterocycles. The summed E-state index contributed by atoms with van der Waals surface area (Å²) in [5, 5.41) is 16.1. The van der Waals surface area contributed by atoms with E-state index >= 15 is 0 Å². The highest BCUT2D eigenvalue weighted by molar-refractivity contribution is 5.71. The summed E-state index contributed by atoms with van der Waals surface area (Å²) in [7, 11) is 1.00. The van der Waals surface area contributed by atoms with Crippen molar-refractivity contribution in [2.24, 2.45) is 5.73 Å². The van der Waals surface area contributed by atoms with Crippen molar-refractivity contribution in [2.45, 2.75) is 25.7 Å². The van der Waals surface area contributed by atoms with E-state index in [1.807, 2.05) is 24.3 Å². The monoisotopic (exact) mass is 477 g/mol. The largest absolute Gasteiger partial charge is 0.489 e. The molecule has 0 unspecified atom stereocenters. The van der Waals surface area contributed by atoms with Crippen LogP contribution in [0.4, 0.5) is 13.2 Å². The van der Waals surface area contributed by atoms with Crippen molar-refractivity contribution in [3.63, 3.8) is 0 Å². The third-order valence-electron chi connectivity index (χ3n) is 4.57. The first-order valence-corrected chi connectivity index (χ1v) is 10.2. The van der Waals surface area contributed by atoms with Crippen LogP contribution in [0.5, 0.6) is 11.5 Å². The molecule has 3 rings (SSSR count). The smallest absolute Gasteiger partial charge is 0.422 e. The second-order valence-corrected chi connectivity index (χ2v) is 7.14. The van der Waals surface area contributed by atoms with Crippen molar-refractivity contribution in [1.29, 1.82) is 0 Å². The van der Waals surface area contributed by atoms with E-state index in [1.54, 1.807) is 30.3 Å². The molecule has 0 radical (unpaired) electrons. The van der Waals surface area contributed by atoms with Crippen LogP contribution in [0.25, 0.3) is 11.1 Å². The van der Waals surface area contributed by atoms with Gasteiger partial charge in [-0.15, -0.1) is 0 Å². The van der Waals surface area contributed by atoms with Crippen molar-refractivity contribution in [3.05, 3.63) is 83.4 Å². The van der Waals surface area contributed by atoms with E-state index in [0.717, 1.165) is 18.2 Å². The average Bonchev–Trinajstić information content (AvgIpc) is 2.82. The van der Waals surface area contributed by atoms with Crippen molar-refractivity contribution in [3.8, 4) is 22.6 Å². The highest BCUT2D eigenvalue weighted by Crippen LogP contribution is 2.29. The number of aliphatic hydroxyl groups excluding tert-OH is 1. The standard InChI is InChI=1S/C24H22F3NO4.CH4O/c25-24(26,27)15-32-21-10-17(9-20(11-21)18-6-3-4-16(8-18)13-28)14-31-22-7-2-1-5-19(22)12-23(29)30;1-2/h1-11H,12-15,28H2,(H,29,30);2H,1H3.